The molecular formula is C4H9O4P. The minimum Gasteiger partial charge on any atom is -0.302 e. The standard InChI is InChI=1S/C4H9O4P/c1-4-2-7-9(5,6)8-3-4/h4H,2-3H2,1H3,(H,5,6). The smallest absolute Gasteiger partial charge is 0.302 e. The Kier molecular flexibility index (Phi) is 1.91. The highest BCUT2D eigenvalue weighted by Gasteiger charge is 2.27. The first-order valence-corrected chi connectivity index (χ1v) is 4.21. The maximum Gasteiger partial charge on any atom is 0.472 e. The summed E-state index contributed by atoms with van der Waals surface area (Å²) in [5.41, 5.74) is 0. The summed E-state index contributed by atoms with van der Waals surface area (Å²) in [4.78, 5) is 8.60. The summed E-state index contributed by atoms with van der Waals surface area (Å²) in [6, 6.07) is 0. The van der Waals surface area contributed by atoms with Crippen LogP contribution in [0.25, 0.3) is 0 Å². The first kappa shape index (κ1) is 7.22. The number of hydrogen-bond donors (Lipinski definition) is 1. The van der Waals surface area contributed by atoms with Crippen molar-refractivity contribution in [3.63, 3.8) is 0 Å². The van der Waals surface area contributed by atoms with E-state index in [0.717, 1.165) is 0 Å². The van der Waals surface area contributed by atoms with Crippen LogP contribution in [0, 0.1) is 5.92 Å². The van der Waals surface area contributed by atoms with Crippen LogP contribution in [-0.4, -0.2) is 18.1 Å². The van der Waals surface area contributed by atoms with E-state index in [1.54, 1.807) is 0 Å². The molecule has 0 aromatic carbocycles. The van der Waals surface area contributed by atoms with Gasteiger partial charge in [-0.2, -0.15) is 0 Å². The maximum atomic E-state index is 10.5. The molecule has 4 nitrogen and oxygen atoms in total. The van der Waals surface area contributed by atoms with Gasteiger partial charge in [-0.3, -0.25) is 9.05 Å². The van der Waals surface area contributed by atoms with Gasteiger partial charge < -0.3 is 4.89 Å². The fourth-order valence-corrected chi connectivity index (χ4v) is 1.49. The molecule has 9 heavy (non-hydrogen) atoms. The summed E-state index contributed by atoms with van der Waals surface area (Å²) < 4.78 is 19.4. The van der Waals surface area contributed by atoms with E-state index in [0.29, 0.717) is 13.2 Å². The Hall–Kier alpha value is 0.110. The van der Waals surface area contributed by atoms with Gasteiger partial charge in [0.25, 0.3) is 0 Å². The van der Waals surface area contributed by atoms with Crippen LogP contribution in [0.3, 0.4) is 0 Å². The van der Waals surface area contributed by atoms with Crippen molar-refractivity contribution in [2.75, 3.05) is 13.2 Å². The Morgan fingerprint density at radius 2 is 2.00 bits per heavy atom. The molecule has 1 heterocycles. The predicted octanol–water partition coefficient (Wildman–Crippen LogP) is 0.770. The summed E-state index contributed by atoms with van der Waals surface area (Å²) in [5, 5.41) is 0. The Balaban J connectivity index is 2.44. The van der Waals surface area contributed by atoms with Crippen molar-refractivity contribution in [2.45, 2.75) is 6.92 Å². The quantitative estimate of drug-likeness (QED) is 0.521. The summed E-state index contributed by atoms with van der Waals surface area (Å²) in [5.74, 6) is 0.222. The second-order valence-corrected chi connectivity index (χ2v) is 3.62. The van der Waals surface area contributed by atoms with E-state index < -0.39 is 7.82 Å². The highest BCUT2D eigenvalue weighted by atomic mass is 31.2. The van der Waals surface area contributed by atoms with E-state index >= 15 is 0 Å². The van der Waals surface area contributed by atoms with Crippen LogP contribution in [0.1, 0.15) is 6.92 Å². The molecule has 1 rings (SSSR count). The summed E-state index contributed by atoms with van der Waals surface area (Å²) >= 11 is 0. The Bertz CT molecular complexity index is 134. The lowest BCUT2D eigenvalue weighted by Gasteiger charge is -2.21. The lowest BCUT2D eigenvalue weighted by atomic mass is 10.2. The number of rotatable bonds is 0. The van der Waals surface area contributed by atoms with Gasteiger partial charge in [0.1, 0.15) is 0 Å². The molecule has 0 aromatic heterocycles. The van der Waals surface area contributed by atoms with Crippen molar-refractivity contribution < 1.29 is 18.5 Å². The maximum absolute atomic E-state index is 10.5. The highest BCUT2D eigenvalue weighted by Crippen LogP contribution is 2.46. The summed E-state index contributed by atoms with van der Waals surface area (Å²) in [7, 11) is -3.62. The first-order chi connectivity index (χ1) is 4.10. The molecule has 1 saturated heterocycles. The third-order valence-corrected chi connectivity index (χ3v) is 2.00. The minimum absolute atomic E-state index is 0.222. The van der Waals surface area contributed by atoms with Crippen molar-refractivity contribution in [3.8, 4) is 0 Å². The molecular weight excluding hydrogens is 143 g/mol. The Morgan fingerprint density at radius 3 is 2.33 bits per heavy atom. The predicted molar refractivity (Wildman–Crippen MR) is 30.9 cm³/mol. The lowest BCUT2D eigenvalue weighted by Crippen LogP contribution is -2.17. The summed E-state index contributed by atoms with van der Waals surface area (Å²) in [6.07, 6.45) is 0. The van der Waals surface area contributed by atoms with Crippen LogP contribution in [0.15, 0.2) is 0 Å². The summed E-state index contributed by atoms with van der Waals surface area (Å²) in [6.45, 7) is 2.51. The largest absolute Gasteiger partial charge is 0.472 e. The second-order valence-electron chi connectivity index (χ2n) is 2.17. The van der Waals surface area contributed by atoms with Crippen LogP contribution < -0.4 is 0 Å². The van der Waals surface area contributed by atoms with Crippen LogP contribution in [0.2, 0.25) is 0 Å². The lowest BCUT2D eigenvalue weighted by molar-refractivity contribution is 0.0652. The molecule has 0 unspecified atom stereocenters. The molecule has 1 aliphatic heterocycles. The molecule has 0 aromatic rings. The van der Waals surface area contributed by atoms with Crippen LogP contribution >= 0.6 is 7.82 Å². The normalized spacial score (nSPS) is 44.9. The van der Waals surface area contributed by atoms with Crippen LogP contribution in [0.5, 0.6) is 0 Å². The van der Waals surface area contributed by atoms with Crippen LogP contribution in [0.4, 0.5) is 0 Å². The van der Waals surface area contributed by atoms with Crippen molar-refractivity contribution in [1.82, 2.24) is 0 Å². The van der Waals surface area contributed by atoms with Crippen molar-refractivity contribution in [1.29, 1.82) is 0 Å². The van der Waals surface area contributed by atoms with Gasteiger partial charge in [-0.15, -0.1) is 0 Å². The number of phosphoric ester groups is 1. The average Bonchev–Trinajstić information content (AvgIpc) is 1.78. The van der Waals surface area contributed by atoms with Gasteiger partial charge >= 0.3 is 7.82 Å². The van der Waals surface area contributed by atoms with E-state index in [1.807, 2.05) is 6.92 Å². The fraction of sp³-hybridized carbons (Fsp3) is 1.00. The minimum atomic E-state index is -3.62. The van der Waals surface area contributed by atoms with E-state index in [4.69, 9.17) is 4.89 Å². The molecule has 54 valence electrons. The van der Waals surface area contributed by atoms with Gasteiger partial charge in [-0.05, 0) is 0 Å². The monoisotopic (exact) mass is 152 g/mol. The van der Waals surface area contributed by atoms with Gasteiger partial charge in [0.15, 0.2) is 0 Å². The molecule has 1 fully saturated rings. The Morgan fingerprint density at radius 1 is 1.56 bits per heavy atom. The number of hydrogen-bond acceptors (Lipinski definition) is 3. The molecule has 0 spiro atoms. The first-order valence-electron chi connectivity index (χ1n) is 2.72. The topological polar surface area (TPSA) is 55.8 Å². The average molecular weight is 152 g/mol. The molecule has 0 saturated carbocycles. The third-order valence-electron chi connectivity index (χ3n) is 1.04. The van der Waals surface area contributed by atoms with Gasteiger partial charge in [0, 0.05) is 5.92 Å². The molecule has 0 amide bonds. The molecule has 1 N–H and O–H groups in total. The van der Waals surface area contributed by atoms with Crippen molar-refractivity contribution in [3.05, 3.63) is 0 Å². The molecule has 1 aliphatic rings. The SMILES string of the molecule is CC1COP(=O)(O)OC1. The fourth-order valence-electron chi connectivity index (χ4n) is 0.528. The number of phosphoric acid groups is 1. The molecule has 0 radical (unpaired) electrons. The highest BCUT2D eigenvalue weighted by molar-refractivity contribution is 7.47. The zero-order valence-electron chi connectivity index (χ0n) is 5.11. The second kappa shape index (κ2) is 2.39. The van der Waals surface area contributed by atoms with Gasteiger partial charge in [0.05, 0.1) is 13.2 Å². The van der Waals surface area contributed by atoms with Gasteiger partial charge in [0.2, 0.25) is 0 Å². The van der Waals surface area contributed by atoms with Gasteiger partial charge in [-0.1, -0.05) is 6.92 Å². The van der Waals surface area contributed by atoms with Crippen molar-refractivity contribution >= 4 is 7.82 Å². The van der Waals surface area contributed by atoms with E-state index in [-0.39, 0.29) is 5.92 Å². The van der Waals surface area contributed by atoms with Crippen LogP contribution in [-0.2, 0) is 13.6 Å². The van der Waals surface area contributed by atoms with Gasteiger partial charge in [-0.25, -0.2) is 4.57 Å². The molecule has 0 aliphatic carbocycles. The van der Waals surface area contributed by atoms with E-state index in [2.05, 4.69) is 9.05 Å². The third kappa shape index (κ3) is 2.06. The van der Waals surface area contributed by atoms with E-state index in [9.17, 15) is 4.57 Å². The zero-order chi connectivity index (χ0) is 6.91. The van der Waals surface area contributed by atoms with Crippen molar-refractivity contribution in [2.24, 2.45) is 5.92 Å². The Labute approximate surface area is 53.4 Å². The molecule has 0 bridgehead atoms. The zero-order valence-corrected chi connectivity index (χ0v) is 6.01. The molecule has 0 atom stereocenters. The van der Waals surface area contributed by atoms with E-state index in [1.165, 1.54) is 0 Å². The molecule has 5 heteroatoms.